The molecular weight excluding hydrogens is 732 g/mol. The number of aliphatic hydroxyl groups is 3. The minimum absolute atomic E-state index is 0.00515. The summed E-state index contributed by atoms with van der Waals surface area (Å²) in [6.45, 7) is 9.32. The molecule has 0 aromatic heterocycles. The van der Waals surface area contributed by atoms with Crippen LogP contribution in [0, 0.1) is 11.8 Å². The van der Waals surface area contributed by atoms with E-state index in [0.717, 1.165) is 0 Å². The number of ketones is 1. The van der Waals surface area contributed by atoms with Crippen LogP contribution in [-0.2, 0) is 57.1 Å². The highest BCUT2D eigenvalue weighted by Crippen LogP contribution is 2.40. The lowest BCUT2D eigenvalue weighted by Crippen LogP contribution is -2.59. The Kier molecular flexibility index (Phi) is 15.7. The van der Waals surface area contributed by atoms with Crippen LogP contribution in [-0.4, -0.2) is 131 Å². The minimum Gasteiger partial charge on any atom is -0.458 e. The summed E-state index contributed by atoms with van der Waals surface area (Å²) in [6.07, 6.45) is -1.74. The van der Waals surface area contributed by atoms with Crippen molar-refractivity contribution in [3.63, 3.8) is 0 Å². The van der Waals surface area contributed by atoms with E-state index in [2.05, 4.69) is 6.08 Å². The maximum absolute atomic E-state index is 13.6. The van der Waals surface area contributed by atoms with Gasteiger partial charge in [0, 0.05) is 45.6 Å². The Morgan fingerprint density at radius 1 is 0.821 bits per heavy atom. The maximum atomic E-state index is 13.6. The zero-order chi connectivity index (χ0) is 40.7. The number of aliphatic hydroxyl groups excluding tert-OH is 2. The van der Waals surface area contributed by atoms with E-state index >= 15 is 0 Å². The summed E-state index contributed by atoms with van der Waals surface area (Å²) in [5.74, 6) is -2.69. The van der Waals surface area contributed by atoms with E-state index in [1.807, 2.05) is 39.0 Å². The molecule has 15 heteroatoms. The Labute approximate surface area is 329 Å². The highest BCUT2D eigenvalue weighted by Gasteiger charge is 2.63. The van der Waals surface area contributed by atoms with Crippen LogP contribution in [0.25, 0.3) is 0 Å². The number of carbonyl (C=O) groups is 4. The Morgan fingerprint density at radius 3 is 2.18 bits per heavy atom. The number of rotatable bonds is 9. The van der Waals surface area contributed by atoms with Crippen molar-refractivity contribution in [1.29, 1.82) is 0 Å². The first-order valence-electron chi connectivity index (χ1n) is 20.4. The molecule has 4 saturated heterocycles. The molecule has 0 saturated carbocycles. The highest BCUT2D eigenvalue weighted by atomic mass is 16.7. The highest BCUT2D eigenvalue weighted by molar-refractivity contribution is 5.91. The zero-order valence-corrected chi connectivity index (χ0v) is 33.5. The molecule has 15 nitrogen and oxygen atoms in total. The molecule has 316 valence electrons. The van der Waals surface area contributed by atoms with Gasteiger partial charge in [0.25, 0.3) is 0 Å². The molecule has 5 heterocycles. The Bertz CT molecular complexity index is 1420. The third-order valence-corrected chi connectivity index (χ3v) is 11.6. The summed E-state index contributed by atoms with van der Waals surface area (Å²) >= 11 is 0. The van der Waals surface area contributed by atoms with Gasteiger partial charge in [0.1, 0.15) is 24.4 Å². The smallest absolute Gasteiger partial charge is 0.345 e. The molecule has 3 N–H and O–H groups in total. The number of allylic oxidation sites excluding steroid dienone is 3. The third-order valence-electron chi connectivity index (χ3n) is 11.6. The Hall–Kier alpha value is -2.76. The second-order valence-corrected chi connectivity index (χ2v) is 16.2. The van der Waals surface area contributed by atoms with Crippen molar-refractivity contribution in [2.45, 2.75) is 190 Å². The largest absolute Gasteiger partial charge is 0.458 e. The topological polar surface area (TPSA) is 203 Å². The fourth-order valence-electron chi connectivity index (χ4n) is 8.51. The van der Waals surface area contributed by atoms with E-state index in [1.165, 1.54) is 7.11 Å². The van der Waals surface area contributed by atoms with Crippen molar-refractivity contribution < 1.29 is 72.4 Å². The summed E-state index contributed by atoms with van der Waals surface area (Å²) in [7, 11) is 1.34. The van der Waals surface area contributed by atoms with Gasteiger partial charge in [0.2, 0.25) is 11.4 Å². The predicted octanol–water partition coefficient (Wildman–Crippen LogP) is 3.17. The fourth-order valence-corrected chi connectivity index (χ4v) is 8.51. The molecule has 4 fully saturated rings. The zero-order valence-electron chi connectivity index (χ0n) is 33.5. The first-order chi connectivity index (χ1) is 26.7. The van der Waals surface area contributed by atoms with E-state index in [1.54, 1.807) is 13.8 Å². The molecule has 0 radical (unpaired) electrons. The van der Waals surface area contributed by atoms with Crippen LogP contribution < -0.4 is 0 Å². The molecule has 56 heavy (non-hydrogen) atoms. The normalized spacial score (nSPS) is 42.2. The van der Waals surface area contributed by atoms with Gasteiger partial charge in [-0.15, -0.1) is 0 Å². The van der Waals surface area contributed by atoms with E-state index in [4.69, 9.17) is 37.9 Å². The molecule has 16 unspecified atom stereocenters. The Balaban J connectivity index is 1.43. The van der Waals surface area contributed by atoms with Crippen LogP contribution in [0.2, 0.25) is 0 Å². The van der Waals surface area contributed by atoms with Crippen LogP contribution in [0.4, 0.5) is 0 Å². The number of hydrogen-bond acceptors (Lipinski definition) is 15. The standard InChI is InChI=1S/C41H62O15/c1-7-12-33(43)55-32-20-27-19-26(52-39-37(49-6)35(45)36(24(5)50-39)56-34(44)13-8-2)18-25(51-27)16-22(3)14-10-9-11-15-29-23(4)17-30(53-29)28(42)21-31-38(46)41(32,48)40(47)54-31/h9-11,14,22-32,36-39,42,46,48H,7-8,12-13,15-21H2,1-6H3. The molecule has 0 aliphatic carbocycles. The predicted molar refractivity (Wildman–Crippen MR) is 198 cm³/mol. The number of Topliss-reactive ketones (excluding diaryl/α,β-unsaturated/α-hetero) is 1. The summed E-state index contributed by atoms with van der Waals surface area (Å²) < 4.78 is 47.6. The van der Waals surface area contributed by atoms with Crippen LogP contribution in [0.15, 0.2) is 24.3 Å². The number of carbonyl (C=O) groups excluding carboxylic acids is 4. The van der Waals surface area contributed by atoms with Gasteiger partial charge in [-0.3, -0.25) is 14.4 Å². The molecular formula is C41H62O15. The molecule has 0 aromatic rings. The van der Waals surface area contributed by atoms with Gasteiger partial charge in [-0.05, 0) is 50.9 Å². The molecule has 6 bridgehead atoms. The lowest BCUT2D eigenvalue weighted by molar-refractivity contribution is -0.278. The third kappa shape index (κ3) is 10.5. The van der Waals surface area contributed by atoms with Gasteiger partial charge in [-0.1, -0.05) is 52.0 Å². The monoisotopic (exact) mass is 794 g/mol. The van der Waals surface area contributed by atoms with E-state index in [-0.39, 0.29) is 50.0 Å². The van der Waals surface area contributed by atoms with Crippen LogP contribution in [0.3, 0.4) is 0 Å². The lowest BCUT2D eigenvalue weighted by Gasteiger charge is -2.43. The van der Waals surface area contributed by atoms with E-state index in [0.29, 0.717) is 38.5 Å². The van der Waals surface area contributed by atoms with Crippen molar-refractivity contribution >= 4 is 23.7 Å². The van der Waals surface area contributed by atoms with Crippen LogP contribution >= 0.6 is 0 Å². The van der Waals surface area contributed by atoms with E-state index < -0.39 is 103 Å². The number of hydrogen-bond donors (Lipinski definition) is 3. The Morgan fingerprint density at radius 2 is 1.50 bits per heavy atom. The number of fused-ring (bicyclic) bond motifs is 6. The van der Waals surface area contributed by atoms with Gasteiger partial charge in [-0.2, -0.15) is 0 Å². The first kappa shape index (κ1) is 44.3. The van der Waals surface area contributed by atoms with E-state index in [9.17, 15) is 34.5 Å². The van der Waals surface area contributed by atoms with Gasteiger partial charge in [0.15, 0.2) is 18.5 Å². The second-order valence-electron chi connectivity index (χ2n) is 16.2. The van der Waals surface area contributed by atoms with Crippen molar-refractivity contribution in [1.82, 2.24) is 0 Å². The number of methoxy groups -OCH3 is 1. The van der Waals surface area contributed by atoms with Gasteiger partial charge in [-0.25, -0.2) is 4.79 Å². The van der Waals surface area contributed by atoms with Crippen molar-refractivity contribution in [3.8, 4) is 0 Å². The maximum Gasteiger partial charge on any atom is 0.345 e. The van der Waals surface area contributed by atoms with Gasteiger partial charge in [0.05, 0.1) is 36.6 Å². The molecule has 5 aliphatic heterocycles. The van der Waals surface area contributed by atoms with Gasteiger partial charge >= 0.3 is 17.9 Å². The summed E-state index contributed by atoms with van der Waals surface area (Å²) in [4.78, 5) is 52.4. The molecule has 0 aromatic carbocycles. The van der Waals surface area contributed by atoms with Crippen molar-refractivity contribution in [2.75, 3.05) is 7.11 Å². The summed E-state index contributed by atoms with van der Waals surface area (Å²) in [5.41, 5.74) is -2.67. The SMILES string of the molecule is CCCC(=O)OC1C(=O)C(OC)C(OC2CC3CC(C)C=CC=CCC4OC(CC4C)C(O)CC4OC(=O)C(O)(C(OC(=O)CCC)CC(C2)O3)C4O)OC1C. The number of ether oxygens (including phenoxy) is 8. The molecule has 5 rings (SSSR count). The van der Waals surface area contributed by atoms with Gasteiger partial charge < -0.3 is 53.2 Å². The minimum atomic E-state index is -2.67. The summed E-state index contributed by atoms with van der Waals surface area (Å²) in [6, 6.07) is 0. The quantitative estimate of drug-likeness (QED) is 0.227. The average molecular weight is 795 g/mol. The molecule has 5 aliphatic rings. The molecule has 16 atom stereocenters. The van der Waals surface area contributed by atoms with Crippen molar-refractivity contribution in [2.24, 2.45) is 11.8 Å². The molecule has 0 spiro atoms. The second kappa shape index (κ2) is 19.8. The van der Waals surface area contributed by atoms with Crippen molar-refractivity contribution in [3.05, 3.63) is 24.3 Å². The fraction of sp³-hybridized carbons (Fsp3) is 0.805. The lowest BCUT2D eigenvalue weighted by atomic mass is 9.83. The summed E-state index contributed by atoms with van der Waals surface area (Å²) in [5, 5.41) is 34.8. The first-order valence-corrected chi connectivity index (χ1v) is 20.4. The molecule has 0 amide bonds. The number of esters is 3. The average Bonchev–Trinajstić information content (AvgIpc) is 3.61. The van der Waals surface area contributed by atoms with Crippen LogP contribution in [0.5, 0.6) is 0 Å². The van der Waals surface area contributed by atoms with Crippen LogP contribution in [0.1, 0.15) is 105 Å².